The molecule has 2 aliphatic rings. The summed E-state index contributed by atoms with van der Waals surface area (Å²) in [6, 6.07) is 1.30. The third-order valence-electron chi connectivity index (χ3n) is 7.43. The number of hydrogen-bond donors (Lipinski definition) is 5. The number of thiazole rings is 1. The molecule has 0 aliphatic heterocycles. The zero-order chi connectivity index (χ0) is 26.7. The van der Waals surface area contributed by atoms with E-state index in [9.17, 15) is 24.1 Å². The van der Waals surface area contributed by atoms with Crippen LogP contribution in [0.2, 0.25) is 0 Å². The average Bonchev–Trinajstić information content (AvgIpc) is 3.33. The van der Waals surface area contributed by atoms with Gasteiger partial charge in [0.15, 0.2) is 0 Å². The maximum Gasteiger partial charge on any atom is 0.248 e. The number of rotatable bonds is 7. The first-order chi connectivity index (χ1) is 17.3. The summed E-state index contributed by atoms with van der Waals surface area (Å²) in [5.74, 6) is -2.61. The number of halogens is 2. The zero-order valence-corrected chi connectivity index (χ0v) is 22.0. The van der Waals surface area contributed by atoms with Gasteiger partial charge in [-0.25, -0.2) is 18.7 Å². The molecule has 37 heavy (non-hydrogen) atoms. The highest BCUT2D eigenvalue weighted by Crippen LogP contribution is 2.43. The maximum atomic E-state index is 13.3. The topological polar surface area (TPSA) is 136 Å². The van der Waals surface area contributed by atoms with E-state index in [4.69, 9.17) is 4.98 Å². The zero-order valence-electron chi connectivity index (χ0n) is 21.2. The fourth-order valence-electron chi connectivity index (χ4n) is 5.32. The molecule has 3 heterocycles. The van der Waals surface area contributed by atoms with Crippen molar-refractivity contribution < 1.29 is 24.1 Å². The largest absolute Gasteiger partial charge is 0.390 e. The first-order valence-corrected chi connectivity index (χ1v) is 13.2. The third kappa shape index (κ3) is 5.12. The van der Waals surface area contributed by atoms with Gasteiger partial charge in [0.1, 0.15) is 22.4 Å². The van der Waals surface area contributed by atoms with Crippen LogP contribution in [0.4, 0.5) is 20.5 Å². The molecule has 4 atom stereocenters. The van der Waals surface area contributed by atoms with Crippen LogP contribution in [0, 0.1) is 25.7 Å². The fourth-order valence-corrected chi connectivity index (χ4v) is 6.43. The number of aryl methyl sites for hydroxylation is 2. The van der Waals surface area contributed by atoms with Crippen molar-refractivity contribution in [2.24, 2.45) is 11.8 Å². The molecule has 0 radical (unpaired) electrons. The predicted molar refractivity (Wildman–Crippen MR) is 138 cm³/mol. The number of anilines is 2. The van der Waals surface area contributed by atoms with E-state index in [1.54, 1.807) is 20.0 Å². The van der Waals surface area contributed by atoms with Crippen LogP contribution in [0.25, 0.3) is 20.8 Å². The van der Waals surface area contributed by atoms with Crippen molar-refractivity contribution in [3.05, 3.63) is 23.7 Å². The molecule has 5 N–H and O–H groups in total. The Morgan fingerprint density at radius 2 is 1.84 bits per heavy atom. The SMILES string of the molecule is Cc1nc(NCC2CC(F)(F)C2)nc(NC2CC(C(C)(C)O)C(O)C2O)c1-c1nc2c(C)nccc2s1. The molecule has 12 heteroatoms. The van der Waals surface area contributed by atoms with Gasteiger partial charge in [-0.15, -0.1) is 11.3 Å². The summed E-state index contributed by atoms with van der Waals surface area (Å²) in [6.45, 7) is 7.25. The number of fused-ring (bicyclic) bond motifs is 1. The molecule has 0 spiro atoms. The summed E-state index contributed by atoms with van der Waals surface area (Å²) in [5.41, 5.74) is 1.66. The van der Waals surface area contributed by atoms with E-state index in [0.29, 0.717) is 35.0 Å². The van der Waals surface area contributed by atoms with E-state index in [-0.39, 0.29) is 24.7 Å². The Labute approximate surface area is 217 Å². The summed E-state index contributed by atoms with van der Waals surface area (Å²) >= 11 is 1.47. The van der Waals surface area contributed by atoms with Crippen molar-refractivity contribution in [2.45, 2.75) is 76.7 Å². The first kappa shape index (κ1) is 26.1. The molecular weight excluding hydrogens is 502 g/mol. The minimum atomic E-state index is -2.60. The summed E-state index contributed by atoms with van der Waals surface area (Å²) in [4.78, 5) is 18.3. The second-order valence-corrected chi connectivity index (χ2v) is 11.9. The van der Waals surface area contributed by atoms with Gasteiger partial charge in [-0.1, -0.05) is 0 Å². The van der Waals surface area contributed by atoms with Crippen molar-refractivity contribution in [3.8, 4) is 10.6 Å². The highest BCUT2D eigenvalue weighted by atomic mass is 32.1. The Bertz CT molecular complexity index is 1310. The minimum Gasteiger partial charge on any atom is -0.390 e. The molecular formula is C25H32F2N6O3S. The molecule has 3 aromatic rings. The lowest BCUT2D eigenvalue weighted by Gasteiger charge is -2.34. The van der Waals surface area contributed by atoms with Crippen molar-refractivity contribution in [3.63, 3.8) is 0 Å². The van der Waals surface area contributed by atoms with Crippen LogP contribution < -0.4 is 10.6 Å². The molecule has 9 nitrogen and oxygen atoms in total. The van der Waals surface area contributed by atoms with E-state index in [1.807, 2.05) is 19.9 Å². The molecule has 4 unspecified atom stereocenters. The van der Waals surface area contributed by atoms with E-state index in [0.717, 1.165) is 15.9 Å². The molecule has 0 aromatic carbocycles. The number of aliphatic hydroxyl groups is 3. The van der Waals surface area contributed by atoms with Gasteiger partial charge >= 0.3 is 0 Å². The number of aliphatic hydroxyl groups excluding tert-OH is 2. The van der Waals surface area contributed by atoms with Gasteiger partial charge in [0.05, 0.1) is 39.4 Å². The molecule has 2 fully saturated rings. The molecule has 0 amide bonds. The summed E-state index contributed by atoms with van der Waals surface area (Å²) in [5, 5.41) is 38.9. The maximum absolute atomic E-state index is 13.3. The van der Waals surface area contributed by atoms with Crippen LogP contribution in [0.1, 0.15) is 44.5 Å². The summed E-state index contributed by atoms with van der Waals surface area (Å²) < 4.78 is 27.5. The highest BCUT2D eigenvalue weighted by molar-refractivity contribution is 7.21. The van der Waals surface area contributed by atoms with Gasteiger partial charge in [0.25, 0.3) is 0 Å². The summed E-state index contributed by atoms with van der Waals surface area (Å²) in [6.07, 6.45) is -0.520. The lowest BCUT2D eigenvalue weighted by atomic mass is 9.81. The van der Waals surface area contributed by atoms with E-state index >= 15 is 0 Å². The van der Waals surface area contributed by atoms with Gasteiger partial charge < -0.3 is 26.0 Å². The molecule has 0 saturated heterocycles. The molecule has 2 aliphatic carbocycles. The first-order valence-electron chi connectivity index (χ1n) is 12.4. The Hall–Kier alpha value is -2.54. The van der Waals surface area contributed by atoms with E-state index in [1.165, 1.54) is 11.3 Å². The Balaban J connectivity index is 1.49. The lowest BCUT2D eigenvalue weighted by Crippen LogP contribution is -2.40. The normalized spacial score (nSPS) is 25.9. The lowest BCUT2D eigenvalue weighted by molar-refractivity contribution is -0.106. The number of hydrogen-bond acceptors (Lipinski definition) is 10. The van der Waals surface area contributed by atoms with Crippen LogP contribution in [0.3, 0.4) is 0 Å². The van der Waals surface area contributed by atoms with Crippen LogP contribution in [0.15, 0.2) is 12.3 Å². The number of nitrogens with one attached hydrogen (secondary N) is 2. The van der Waals surface area contributed by atoms with Gasteiger partial charge in [-0.3, -0.25) is 4.98 Å². The van der Waals surface area contributed by atoms with E-state index < -0.39 is 35.7 Å². The van der Waals surface area contributed by atoms with Crippen LogP contribution in [0.5, 0.6) is 0 Å². The number of alkyl halides is 2. The van der Waals surface area contributed by atoms with Crippen LogP contribution in [-0.4, -0.2) is 71.6 Å². The quantitative estimate of drug-likeness (QED) is 0.308. The second kappa shape index (κ2) is 9.33. The number of nitrogens with zero attached hydrogens (tertiary/aromatic N) is 4. The Morgan fingerprint density at radius 1 is 1.11 bits per heavy atom. The van der Waals surface area contributed by atoms with Crippen molar-refractivity contribution in [1.82, 2.24) is 19.9 Å². The van der Waals surface area contributed by atoms with Crippen molar-refractivity contribution in [2.75, 3.05) is 17.2 Å². The minimum absolute atomic E-state index is 0.158. The Kier molecular flexibility index (Phi) is 6.58. The van der Waals surface area contributed by atoms with Gasteiger partial charge in [0.2, 0.25) is 11.9 Å². The molecule has 5 rings (SSSR count). The smallest absolute Gasteiger partial charge is 0.248 e. The average molecular weight is 535 g/mol. The molecule has 200 valence electrons. The standard InChI is InChI=1S/C25H32F2N6O3S/c1-11-17(22-32-18-12(2)28-6-5-16(18)37-22)21(31-15-7-14(24(3,4)36)19(34)20(15)35)33-23(30-11)29-10-13-8-25(26,27)9-13/h5-6,13-15,19-20,34-36H,7-10H2,1-4H3,(H2,29,30,31,33). The molecule has 2 saturated carbocycles. The fraction of sp³-hybridized carbons (Fsp3) is 0.600. The Morgan fingerprint density at radius 3 is 2.46 bits per heavy atom. The van der Waals surface area contributed by atoms with Crippen LogP contribution >= 0.6 is 11.3 Å². The number of pyridine rings is 1. The second-order valence-electron chi connectivity index (χ2n) is 10.9. The monoisotopic (exact) mass is 534 g/mol. The third-order valence-corrected chi connectivity index (χ3v) is 8.47. The molecule has 0 bridgehead atoms. The number of aromatic nitrogens is 4. The predicted octanol–water partition coefficient (Wildman–Crippen LogP) is 3.52. The van der Waals surface area contributed by atoms with Crippen molar-refractivity contribution >= 4 is 33.3 Å². The summed E-state index contributed by atoms with van der Waals surface area (Å²) in [7, 11) is 0. The van der Waals surface area contributed by atoms with Gasteiger partial charge in [-0.2, -0.15) is 4.98 Å². The highest BCUT2D eigenvalue weighted by Gasteiger charge is 2.48. The molecule has 3 aromatic heterocycles. The van der Waals surface area contributed by atoms with E-state index in [2.05, 4.69) is 25.6 Å². The van der Waals surface area contributed by atoms with Crippen molar-refractivity contribution in [1.29, 1.82) is 0 Å². The van der Waals surface area contributed by atoms with Gasteiger partial charge in [0, 0.05) is 31.5 Å². The van der Waals surface area contributed by atoms with Crippen LogP contribution in [-0.2, 0) is 0 Å². The van der Waals surface area contributed by atoms with Gasteiger partial charge in [-0.05, 0) is 46.1 Å².